The number of hydrogen-bond acceptors (Lipinski definition) is 4. The molecule has 3 aromatic rings. The molecule has 0 saturated carbocycles. The molecule has 0 aliphatic heterocycles. The van der Waals surface area contributed by atoms with Gasteiger partial charge in [-0.05, 0) is 36.4 Å². The van der Waals surface area contributed by atoms with Crippen LogP contribution >= 0.6 is 0 Å². The van der Waals surface area contributed by atoms with Crippen LogP contribution in [0.5, 0.6) is 5.75 Å². The number of phenolic OH excluding ortho intramolecular Hbond substituents is 1. The highest BCUT2D eigenvalue weighted by molar-refractivity contribution is 5.98. The number of amides is 1. The third kappa shape index (κ3) is 2.93. The van der Waals surface area contributed by atoms with Crippen molar-refractivity contribution < 1.29 is 9.90 Å². The molecule has 0 fully saturated rings. The van der Waals surface area contributed by atoms with E-state index in [0.29, 0.717) is 11.1 Å². The van der Waals surface area contributed by atoms with Gasteiger partial charge in [0.2, 0.25) is 0 Å². The Labute approximate surface area is 126 Å². The van der Waals surface area contributed by atoms with Crippen LogP contribution in [0.25, 0.3) is 10.9 Å². The van der Waals surface area contributed by atoms with Crippen LogP contribution in [0.1, 0.15) is 15.9 Å². The molecule has 1 aromatic heterocycles. The van der Waals surface area contributed by atoms with Crippen molar-refractivity contribution in [1.82, 2.24) is 10.4 Å². The minimum atomic E-state index is -0.322. The molecule has 5 nitrogen and oxygen atoms in total. The first-order chi connectivity index (χ1) is 10.7. The normalized spacial score (nSPS) is 10.9. The molecule has 108 valence electrons. The Kier molecular flexibility index (Phi) is 3.78. The SMILES string of the molecule is O=C(N/N=C/c1ccccc1O)c1ccc2ncccc2c1. The van der Waals surface area contributed by atoms with Crippen molar-refractivity contribution >= 4 is 23.0 Å². The maximum absolute atomic E-state index is 12.1. The van der Waals surface area contributed by atoms with Crippen LogP contribution in [0.15, 0.2) is 65.9 Å². The summed E-state index contributed by atoms with van der Waals surface area (Å²) in [6.45, 7) is 0. The minimum Gasteiger partial charge on any atom is -0.507 e. The average molecular weight is 291 g/mol. The number of benzene rings is 2. The number of pyridine rings is 1. The molecule has 2 aromatic carbocycles. The molecule has 0 atom stereocenters. The van der Waals surface area contributed by atoms with Crippen LogP contribution in [0.2, 0.25) is 0 Å². The molecule has 22 heavy (non-hydrogen) atoms. The van der Waals surface area contributed by atoms with E-state index in [4.69, 9.17) is 0 Å². The molecule has 0 aliphatic rings. The Morgan fingerprint density at radius 2 is 2.00 bits per heavy atom. The second-order valence-electron chi connectivity index (χ2n) is 4.67. The van der Waals surface area contributed by atoms with E-state index in [1.165, 1.54) is 6.21 Å². The molecule has 0 unspecified atom stereocenters. The molecular weight excluding hydrogens is 278 g/mol. The lowest BCUT2D eigenvalue weighted by Crippen LogP contribution is -2.17. The molecule has 2 N–H and O–H groups in total. The van der Waals surface area contributed by atoms with Gasteiger partial charge in [-0.3, -0.25) is 9.78 Å². The lowest BCUT2D eigenvalue weighted by atomic mass is 10.1. The third-order valence-electron chi connectivity index (χ3n) is 3.17. The number of nitrogens with zero attached hydrogens (tertiary/aromatic N) is 2. The van der Waals surface area contributed by atoms with Crippen molar-refractivity contribution in [1.29, 1.82) is 0 Å². The molecule has 3 rings (SSSR count). The minimum absolute atomic E-state index is 0.109. The fraction of sp³-hybridized carbons (Fsp3) is 0. The van der Waals surface area contributed by atoms with Crippen molar-refractivity contribution in [3.63, 3.8) is 0 Å². The molecule has 5 heteroatoms. The molecule has 0 saturated heterocycles. The molecule has 0 radical (unpaired) electrons. The predicted octanol–water partition coefficient (Wildman–Crippen LogP) is 2.70. The Morgan fingerprint density at radius 1 is 1.14 bits per heavy atom. The van der Waals surface area contributed by atoms with E-state index in [2.05, 4.69) is 15.5 Å². The van der Waals surface area contributed by atoms with Gasteiger partial charge in [-0.15, -0.1) is 0 Å². The van der Waals surface area contributed by atoms with Gasteiger partial charge < -0.3 is 5.11 Å². The van der Waals surface area contributed by atoms with Gasteiger partial charge in [-0.1, -0.05) is 18.2 Å². The van der Waals surface area contributed by atoms with E-state index >= 15 is 0 Å². The van der Waals surface area contributed by atoms with Gasteiger partial charge in [0.25, 0.3) is 5.91 Å². The summed E-state index contributed by atoms with van der Waals surface area (Å²) >= 11 is 0. The number of para-hydroxylation sites is 1. The summed E-state index contributed by atoms with van der Waals surface area (Å²) in [7, 11) is 0. The van der Waals surface area contributed by atoms with Crippen LogP contribution in [0.3, 0.4) is 0 Å². The maximum atomic E-state index is 12.1. The Balaban J connectivity index is 1.74. The summed E-state index contributed by atoms with van der Waals surface area (Å²) in [6, 6.07) is 15.7. The molecule has 1 amide bonds. The van der Waals surface area contributed by atoms with E-state index in [9.17, 15) is 9.90 Å². The van der Waals surface area contributed by atoms with Crippen molar-refractivity contribution in [3.8, 4) is 5.75 Å². The van der Waals surface area contributed by atoms with Crippen LogP contribution < -0.4 is 5.43 Å². The molecular formula is C17H13N3O2. The number of aromatic hydroxyl groups is 1. The first-order valence-corrected chi connectivity index (χ1v) is 6.70. The van der Waals surface area contributed by atoms with Gasteiger partial charge in [-0.25, -0.2) is 5.43 Å². The largest absolute Gasteiger partial charge is 0.507 e. The highest BCUT2D eigenvalue weighted by Gasteiger charge is 2.05. The van der Waals surface area contributed by atoms with Crippen molar-refractivity contribution in [2.24, 2.45) is 5.10 Å². The van der Waals surface area contributed by atoms with Gasteiger partial charge in [0, 0.05) is 22.7 Å². The van der Waals surface area contributed by atoms with E-state index in [1.807, 2.05) is 12.1 Å². The summed E-state index contributed by atoms with van der Waals surface area (Å²) in [5, 5.41) is 14.3. The number of hydrazone groups is 1. The second-order valence-corrected chi connectivity index (χ2v) is 4.67. The number of phenols is 1. The molecule has 0 spiro atoms. The number of carbonyl (C=O) groups is 1. The Bertz CT molecular complexity index is 859. The fourth-order valence-electron chi connectivity index (χ4n) is 2.04. The van der Waals surface area contributed by atoms with Gasteiger partial charge >= 0.3 is 0 Å². The average Bonchev–Trinajstić information content (AvgIpc) is 2.56. The summed E-state index contributed by atoms with van der Waals surface area (Å²) < 4.78 is 0. The maximum Gasteiger partial charge on any atom is 0.271 e. The van der Waals surface area contributed by atoms with Crippen molar-refractivity contribution in [2.75, 3.05) is 0 Å². The Morgan fingerprint density at radius 3 is 2.86 bits per heavy atom. The molecule has 0 bridgehead atoms. The first kappa shape index (κ1) is 13.8. The van der Waals surface area contributed by atoms with Crippen molar-refractivity contribution in [2.45, 2.75) is 0 Å². The lowest BCUT2D eigenvalue weighted by Gasteiger charge is -2.02. The quantitative estimate of drug-likeness (QED) is 0.575. The highest BCUT2D eigenvalue weighted by atomic mass is 16.3. The third-order valence-corrected chi connectivity index (χ3v) is 3.17. The number of fused-ring (bicyclic) bond motifs is 1. The summed E-state index contributed by atoms with van der Waals surface area (Å²) in [6.07, 6.45) is 3.11. The zero-order valence-electron chi connectivity index (χ0n) is 11.6. The Hall–Kier alpha value is -3.21. The van der Waals surface area contributed by atoms with E-state index in [-0.39, 0.29) is 11.7 Å². The zero-order chi connectivity index (χ0) is 15.4. The smallest absolute Gasteiger partial charge is 0.271 e. The number of hydrogen-bond donors (Lipinski definition) is 2. The first-order valence-electron chi connectivity index (χ1n) is 6.70. The van der Waals surface area contributed by atoms with E-state index in [1.54, 1.807) is 48.7 Å². The van der Waals surface area contributed by atoms with Crippen LogP contribution in [-0.4, -0.2) is 22.2 Å². The number of aromatic nitrogens is 1. The second kappa shape index (κ2) is 6.05. The van der Waals surface area contributed by atoms with Gasteiger partial charge in [0.05, 0.1) is 11.7 Å². The lowest BCUT2D eigenvalue weighted by molar-refractivity contribution is 0.0955. The monoisotopic (exact) mass is 291 g/mol. The summed E-state index contributed by atoms with van der Waals surface area (Å²) in [5.74, 6) is -0.213. The fourth-order valence-corrected chi connectivity index (χ4v) is 2.04. The van der Waals surface area contributed by atoms with Crippen molar-refractivity contribution in [3.05, 3.63) is 71.9 Å². The van der Waals surface area contributed by atoms with Crippen LogP contribution in [-0.2, 0) is 0 Å². The number of carbonyl (C=O) groups excluding carboxylic acids is 1. The van der Waals surface area contributed by atoms with E-state index in [0.717, 1.165) is 10.9 Å². The zero-order valence-corrected chi connectivity index (χ0v) is 11.6. The number of nitrogens with one attached hydrogen (secondary N) is 1. The van der Waals surface area contributed by atoms with E-state index < -0.39 is 0 Å². The molecule has 1 heterocycles. The predicted molar refractivity (Wildman–Crippen MR) is 84.9 cm³/mol. The summed E-state index contributed by atoms with van der Waals surface area (Å²) in [4.78, 5) is 16.3. The van der Waals surface area contributed by atoms with Crippen LogP contribution in [0, 0.1) is 0 Å². The highest BCUT2D eigenvalue weighted by Crippen LogP contribution is 2.14. The topological polar surface area (TPSA) is 74.6 Å². The summed E-state index contributed by atoms with van der Waals surface area (Å²) in [5.41, 5.74) is 4.30. The van der Waals surface area contributed by atoms with Crippen LogP contribution in [0.4, 0.5) is 0 Å². The van der Waals surface area contributed by atoms with Gasteiger partial charge in [0.1, 0.15) is 5.75 Å². The van der Waals surface area contributed by atoms with Gasteiger partial charge in [0.15, 0.2) is 0 Å². The molecule has 0 aliphatic carbocycles. The standard InChI is InChI=1S/C17H13N3O2/c21-16-6-2-1-4-14(16)11-19-20-17(22)13-7-8-15-12(10-13)5-3-9-18-15/h1-11,21H,(H,20,22)/b19-11+. The number of rotatable bonds is 3. The van der Waals surface area contributed by atoms with Gasteiger partial charge in [-0.2, -0.15) is 5.10 Å².